The molecule has 0 radical (unpaired) electrons. The third kappa shape index (κ3) is 2.60. The van der Waals surface area contributed by atoms with Gasteiger partial charge in [0.2, 0.25) is 0 Å². The van der Waals surface area contributed by atoms with Crippen LogP contribution in [0.15, 0.2) is 35.1 Å². The van der Waals surface area contributed by atoms with Gasteiger partial charge in [-0.3, -0.25) is 4.98 Å². The van der Waals surface area contributed by atoms with Crippen LogP contribution in [-0.2, 0) is 0 Å². The van der Waals surface area contributed by atoms with E-state index in [2.05, 4.69) is 20.9 Å². The zero-order valence-electron chi connectivity index (χ0n) is 10.1. The number of benzene rings is 1. The maximum atomic E-state index is 14.0. The molecule has 2 aromatic rings. The molecule has 0 saturated heterocycles. The Bertz CT molecular complexity index is 563. The quantitative estimate of drug-likeness (QED) is 0.918. The highest BCUT2D eigenvalue weighted by atomic mass is 79.9. The Kier molecular flexibility index (Phi) is 3.78. The van der Waals surface area contributed by atoms with Crippen LogP contribution >= 0.6 is 15.9 Å². The summed E-state index contributed by atoms with van der Waals surface area (Å²) in [7, 11) is 0. The standard InChI is InChI=1S/C14H13BrFNO/c1-8-3-9(2)13(12(16)4-8)14(18)10-5-11(15)7-17-6-10/h3-7,14,18H,1-2H3. The molecular weight excluding hydrogens is 297 g/mol. The Morgan fingerprint density at radius 1 is 1.22 bits per heavy atom. The maximum absolute atomic E-state index is 14.0. The van der Waals surface area contributed by atoms with E-state index in [1.54, 1.807) is 19.2 Å². The number of halogens is 2. The minimum absolute atomic E-state index is 0.306. The fourth-order valence-electron chi connectivity index (χ4n) is 2.02. The predicted molar refractivity (Wildman–Crippen MR) is 71.9 cm³/mol. The van der Waals surface area contributed by atoms with Crippen LogP contribution in [0.4, 0.5) is 4.39 Å². The van der Waals surface area contributed by atoms with E-state index in [1.165, 1.54) is 12.3 Å². The van der Waals surface area contributed by atoms with E-state index >= 15 is 0 Å². The molecule has 18 heavy (non-hydrogen) atoms. The molecule has 1 aromatic carbocycles. The van der Waals surface area contributed by atoms with Gasteiger partial charge in [-0.05, 0) is 53.0 Å². The zero-order valence-corrected chi connectivity index (χ0v) is 11.7. The van der Waals surface area contributed by atoms with Crippen molar-refractivity contribution in [1.82, 2.24) is 4.98 Å². The van der Waals surface area contributed by atoms with Gasteiger partial charge in [-0.2, -0.15) is 0 Å². The van der Waals surface area contributed by atoms with Gasteiger partial charge in [0.15, 0.2) is 0 Å². The Morgan fingerprint density at radius 2 is 1.94 bits per heavy atom. The summed E-state index contributed by atoms with van der Waals surface area (Å²) in [6, 6.07) is 5.01. The monoisotopic (exact) mass is 309 g/mol. The lowest BCUT2D eigenvalue weighted by Gasteiger charge is -2.15. The fourth-order valence-corrected chi connectivity index (χ4v) is 2.40. The molecule has 0 amide bonds. The van der Waals surface area contributed by atoms with Gasteiger partial charge in [-0.15, -0.1) is 0 Å². The third-order valence-corrected chi connectivity index (χ3v) is 3.23. The summed E-state index contributed by atoms with van der Waals surface area (Å²) in [4.78, 5) is 3.98. The van der Waals surface area contributed by atoms with Crippen molar-refractivity contribution in [2.45, 2.75) is 20.0 Å². The number of aliphatic hydroxyl groups is 1. The van der Waals surface area contributed by atoms with Crippen LogP contribution in [0, 0.1) is 19.7 Å². The molecule has 1 heterocycles. The highest BCUT2D eigenvalue weighted by Gasteiger charge is 2.18. The normalized spacial score (nSPS) is 12.5. The number of rotatable bonds is 2. The molecule has 0 aliphatic carbocycles. The van der Waals surface area contributed by atoms with Gasteiger partial charge in [0.25, 0.3) is 0 Å². The Morgan fingerprint density at radius 3 is 2.56 bits per heavy atom. The summed E-state index contributed by atoms with van der Waals surface area (Å²) in [5.74, 6) is -0.389. The molecule has 1 unspecified atom stereocenters. The molecule has 2 nitrogen and oxygen atoms in total. The van der Waals surface area contributed by atoms with E-state index < -0.39 is 6.10 Å². The lowest BCUT2D eigenvalue weighted by atomic mass is 9.96. The SMILES string of the molecule is Cc1cc(C)c(C(O)c2cncc(Br)c2)c(F)c1. The molecule has 0 aliphatic heterocycles. The molecule has 0 spiro atoms. The van der Waals surface area contributed by atoms with Gasteiger partial charge < -0.3 is 5.11 Å². The molecule has 1 N–H and O–H groups in total. The maximum Gasteiger partial charge on any atom is 0.129 e. The minimum Gasteiger partial charge on any atom is -0.383 e. The first-order valence-electron chi connectivity index (χ1n) is 5.54. The molecule has 1 atom stereocenters. The fraction of sp³-hybridized carbons (Fsp3) is 0.214. The lowest BCUT2D eigenvalue weighted by molar-refractivity contribution is 0.213. The molecule has 1 aromatic heterocycles. The summed E-state index contributed by atoms with van der Waals surface area (Å²) < 4.78 is 14.7. The molecule has 0 saturated carbocycles. The summed E-state index contributed by atoms with van der Waals surface area (Å²) in [6.07, 6.45) is 2.15. The minimum atomic E-state index is -1.00. The van der Waals surface area contributed by atoms with Crippen molar-refractivity contribution >= 4 is 15.9 Å². The number of hydrogen-bond acceptors (Lipinski definition) is 2. The second kappa shape index (κ2) is 5.16. The van der Waals surface area contributed by atoms with E-state index in [1.807, 2.05) is 13.0 Å². The number of aromatic nitrogens is 1. The van der Waals surface area contributed by atoms with Crippen LogP contribution in [-0.4, -0.2) is 10.1 Å². The van der Waals surface area contributed by atoms with Crippen LogP contribution in [0.3, 0.4) is 0 Å². The van der Waals surface area contributed by atoms with Crippen molar-refractivity contribution in [3.05, 3.63) is 63.1 Å². The Labute approximate surface area is 114 Å². The highest BCUT2D eigenvalue weighted by molar-refractivity contribution is 9.10. The second-order valence-electron chi connectivity index (χ2n) is 4.32. The average molecular weight is 310 g/mol. The van der Waals surface area contributed by atoms with Gasteiger partial charge >= 0.3 is 0 Å². The number of pyridine rings is 1. The Hall–Kier alpha value is -1.26. The zero-order chi connectivity index (χ0) is 13.3. The predicted octanol–water partition coefficient (Wildman–Crippen LogP) is 3.68. The molecular formula is C14H13BrFNO. The second-order valence-corrected chi connectivity index (χ2v) is 5.23. The molecule has 94 valence electrons. The van der Waals surface area contributed by atoms with Crippen molar-refractivity contribution in [3.8, 4) is 0 Å². The molecule has 0 aliphatic rings. The van der Waals surface area contributed by atoms with E-state index in [0.717, 1.165) is 15.6 Å². The first kappa shape index (κ1) is 13.2. The average Bonchev–Trinajstić information content (AvgIpc) is 2.27. The van der Waals surface area contributed by atoms with Gasteiger partial charge in [-0.25, -0.2) is 4.39 Å². The number of aliphatic hydroxyl groups excluding tert-OH is 1. The molecule has 4 heteroatoms. The summed E-state index contributed by atoms with van der Waals surface area (Å²) in [6.45, 7) is 3.62. The van der Waals surface area contributed by atoms with Crippen LogP contribution in [0.5, 0.6) is 0 Å². The van der Waals surface area contributed by atoms with E-state index in [4.69, 9.17) is 0 Å². The first-order valence-corrected chi connectivity index (χ1v) is 6.33. The van der Waals surface area contributed by atoms with Crippen molar-refractivity contribution < 1.29 is 9.50 Å². The third-order valence-electron chi connectivity index (χ3n) is 2.80. The lowest BCUT2D eigenvalue weighted by Crippen LogP contribution is -2.06. The summed E-state index contributed by atoms with van der Waals surface area (Å²) in [5, 5.41) is 10.3. The number of nitrogens with zero attached hydrogens (tertiary/aromatic N) is 1. The highest BCUT2D eigenvalue weighted by Crippen LogP contribution is 2.28. The summed E-state index contributed by atoms with van der Waals surface area (Å²) in [5.41, 5.74) is 2.45. The van der Waals surface area contributed by atoms with Crippen molar-refractivity contribution in [3.63, 3.8) is 0 Å². The van der Waals surface area contributed by atoms with Crippen LogP contribution in [0.25, 0.3) is 0 Å². The van der Waals surface area contributed by atoms with Crippen molar-refractivity contribution in [2.75, 3.05) is 0 Å². The van der Waals surface area contributed by atoms with Crippen LogP contribution in [0.2, 0.25) is 0 Å². The van der Waals surface area contributed by atoms with Crippen molar-refractivity contribution in [1.29, 1.82) is 0 Å². The smallest absolute Gasteiger partial charge is 0.129 e. The topological polar surface area (TPSA) is 33.1 Å². The van der Waals surface area contributed by atoms with Crippen LogP contribution < -0.4 is 0 Å². The van der Waals surface area contributed by atoms with E-state index in [0.29, 0.717) is 11.1 Å². The summed E-state index contributed by atoms with van der Waals surface area (Å²) >= 11 is 3.28. The molecule has 2 rings (SSSR count). The van der Waals surface area contributed by atoms with E-state index in [-0.39, 0.29) is 5.82 Å². The van der Waals surface area contributed by atoms with Crippen molar-refractivity contribution in [2.24, 2.45) is 0 Å². The number of hydrogen-bond donors (Lipinski definition) is 1. The Balaban J connectivity index is 2.49. The van der Waals surface area contributed by atoms with Gasteiger partial charge in [-0.1, -0.05) is 6.07 Å². The van der Waals surface area contributed by atoms with Gasteiger partial charge in [0.1, 0.15) is 11.9 Å². The van der Waals surface area contributed by atoms with Gasteiger partial charge in [0, 0.05) is 28.0 Å². The largest absolute Gasteiger partial charge is 0.383 e. The molecule has 0 bridgehead atoms. The number of aryl methyl sites for hydroxylation is 2. The first-order chi connectivity index (χ1) is 8.49. The van der Waals surface area contributed by atoms with Crippen LogP contribution in [0.1, 0.15) is 28.4 Å². The van der Waals surface area contributed by atoms with Gasteiger partial charge in [0.05, 0.1) is 0 Å². The molecule has 0 fully saturated rings. The van der Waals surface area contributed by atoms with E-state index in [9.17, 15) is 9.50 Å².